The minimum atomic E-state index is -0.566. The molecular weight excluding hydrogens is 224 g/mol. The molecule has 1 aliphatic heterocycles. The molecule has 1 atom stereocenters. The fourth-order valence-electron chi connectivity index (χ4n) is 1.73. The largest absolute Gasteiger partial charge is 0.489 e. The van der Waals surface area contributed by atoms with Gasteiger partial charge in [-0.2, -0.15) is 0 Å². The lowest BCUT2D eigenvalue weighted by atomic mass is 10.0. The van der Waals surface area contributed by atoms with Crippen molar-refractivity contribution < 1.29 is 24.4 Å². The van der Waals surface area contributed by atoms with Crippen LogP contribution in [0.2, 0.25) is 0 Å². The molecule has 0 fully saturated rings. The Balaban J connectivity index is 2.24. The van der Waals surface area contributed by atoms with Crippen LogP contribution in [0.3, 0.4) is 0 Å². The quantitative estimate of drug-likeness (QED) is 0.643. The molecule has 0 saturated carbocycles. The molecule has 0 aromatic heterocycles. The van der Waals surface area contributed by atoms with Crippen molar-refractivity contribution >= 4 is 5.78 Å². The Morgan fingerprint density at radius 2 is 2.24 bits per heavy atom. The Kier molecular flexibility index (Phi) is 3.31. The van der Waals surface area contributed by atoms with Gasteiger partial charge >= 0.3 is 0 Å². The average molecular weight is 238 g/mol. The number of rotatable bonds is 3. The summed E-state index contributed by atoms with van der Waals surface area (Å²) in [6.45, 7) is 3.91. The number of ether oxygens (including phenoxy) is 2. The van der Waals surface area contributed by atoms with Crippen LogP contribution in [0, 0.1) is 0 Å². The summed E-state index contributed by atoms with van der Waals surface area (Å²) in [6, 6.07) is 4.52. The number of carbonyl (C=O) groups excluding carboxylic acids is 1. The lowest BCUT2D eigenvalue weighted by Gasteiger charge is -2.25. The van der Waals surface area contributed by atoms with Gasteiger partial charge in [-0.15, -0.1) is 0 Å². The van der Waals surface area contributed by atoms with Crippen molar-refractivity contribution in [3.63, 3.8) is 0 Å². The maximum atomic E-state index is 12.0. The molecule has 0 spiro atoms. The summed E-state index contributed by atoms with van der Waals surface area (Å²) >= 11 is 0. The minimum Gasteiger partial charge on any atom is -0.489 e. The lowest BCUT2D eigenvalue weighted by molar-refractivity contribution is -0.137. The number of fused-ring (bicyclic) bond motifs is 1. The molecule has 0 radical (unpaired) electrons. The summed E-state index contributed by atoms with van der Waals surface area (Å²) in [7, 11) is 0. The molecular formula is C12H14O5. The normalized spacial score (nSPS) is 18.8. The van der Waals surface area contributed by atoms with Crippen LogP contribution in [-0.2, 0) is 4.74 Å². The van der Waals surface area contributed by atoms with Crippen molar-refractivity contribution in [3.8, 4) is 11.5 Å². The summed E-state index contributed by atoms with van der Waals surface area (Å²) in [4.78, 5) is 16.1. The van der Waals surface area contributed by atoms with E-state index in [2.05, 4.69) is 4.89 Å². The molecule has 1 aromatic rings. The Labute approximate surface area is 98.8 Å². The van der Waals surface area contributed by atoms with Gasteiger partial charge in [-0.3, -0.25) is 4.79 Å². The van der Waals surface area contributed by atoms with Crippen molar-refractivity contribution in [2.75, 3.05) is 6.61 Å². The maximum Gasteiger partial charge on any atom is 0.198 e. The first-order chi connectivity index (χ1) is 8.11. The van der Waals surface area contributed by atoms with Crippen LogP contribution in [0.25, 0.3) is 0 Å². The first-order valence-electron chi connectivity index (χ1n) is 5.39. The molecule has 1 aliphatic rings. The van der Waals surface area contributed by atoms with Crippen LogP contribution < -0.4 is 9.62 Å². The Morgan fingerprint density at radius 3 is 2.88 bits per heavy atom. The van der Waals surface area contributed by atoms with Gasteiger partial charge < -0.3 is 14.4 Å². The first-order valence-corrected chi connectivity index (χ1v) is 5.39. The number of hydrogen-bond donors (Lipinski definition) is 1. The maximum absolute atomic E-state index is 12.0. The number of hydrogen-bond acceptors (Lipinski definition) is 5. The van der Waals surface area contributed by atoms with Gasteiger partial charge in [0, 0.05) is 6.07 Å². The van der Waals surface area contributed by atoms with E-state index in [9.17, 15) is 4.79 Å². The van der Waals surface area contributed by atoms with Crippen LogP contribution in [0.15, 0.2) is 18.2 Å². The summed E-state index contributed by atoms with van der Waals surface area (Å²) in [5.74, 6) is 0.536. The second-order valence-electron chi connectivity index (χ2n) is 4.10. The lowest BCUT2D eigenvalue weighted by Crippen LogP contribution is -2.37. The Bertz CT molecular complexity index is 427. The minimum absolute atomic E-state index is 0.0332. The second kappa shape index (κ2) is 4.73. The van der Waals surface area contributed by atoms with Gasteiger partial charge in [-0.1, -0.05) is 0 Å². The van der Waals surface area contributed by atoms with E-state index in [1.54, 1.807) is 6.07 Å². The summed E-state index contributed by atoms with van der Waals surface area (Å²) in [5, 5.41) is 8.51. The molecule has 5 nitrogen and oxygen atoms in total. The summed E-state index contributed by atoms with van der Waals surface area (Å²) in [5.41, 5.74) is 0.447. The van der Waals surface area contributed by atoms with Gasteiger partial charge in [0.05, 0.1) is 11.7 Å². The highest BCUT2D eigenvalue weighted by atomic mass is 17.1. The van der Waals surface area contributed by atoms with E-state index in [0.717, 1.165) is 0 Å². The molecule has 0 saturated heterocycles. The third-order valence-electron chi connectivity index (χ3n) is 2.44. The van der Waals surface area contributed by atoms with Gasteiger partial charge in [0.25, 0.3) is 0 Å². The van der Waals surface area contributed by atoms with E-state index in [4.69, 9.17) is 14.7 Å². The molecule has 1 heterocycles. The van der Waals surface area contributed by atoms with E-state index in [1.165, 1.54) is 12.1 Å². The van der Waals surface area contributed by atoms with Gasteiger partial charge in [-0.25, -0.2) is 5.26 Å². The highest BCUT2D eigenvalue weighted by Gasteiger charge is 2.30. The smallest absolute Gasteiger partial charge is 0.198 e. The molecule has 5 heteroatoms. The van der Waals surface area contributed by atoms with Gasteiger partial charge in [0.15, 0.2) is 17.6 Å². The molecule has 1 N–H and O–H groups in total. The number of ketones is 1. The van der Waals surface area contributed by atoms with Crippen LogP contribution in [0.5, 0.6) is 11.5 Å². The molecule has 0 bridgehead atoms. The first kappa shape index (κ1) is 11.9. The average Bonchev–Trinajstić information content (AvgIpc) is 2.32. The Morgan fingerprint density at radius 1 is 1.47 bits per heavy atom. The number of benzene rings is 1. The van der Waals surface area contributed by atoms with Crippen molar-refractivity contribution in [2.24, 2.45) is 0 Å². The van der Waals surface area contributed by atoms with E-state index in [1.807, 2.05) is 13.8 Å². The fourth-order valence-corrected chi connectivity index (χ4v) is 1.73. The van der Waals surface area contributed by atoms with Crippen molar-refractivity contribution in [1.29, 1.82) is 0 Å². The number of Topliss-reactive ketones (excluding diaryl/α,β-unsaturated/α-hetero) is 1. The van der Waals surface area contributed by atoms with E-state index >= 15 is 0 Å². The van der Waals surface area contributed by atoms with Crippen molar-refractivity contribution in [3.05, 3.63) is 23.8 Å². The van der Waals surface area contributed by atoms with E-state index in [-0.39, 0.29) is 24.2 Å². The van der Waals surface area contributed by atoms with Crippen LogP contribution >= 0.6 is 0 Å². The zero-order chi connectivity index (χ0) is 12.4. The zero-order valence-electron chi connectivity index (χ0n) is 9.67. The van der Waals surface area contributed by atoms with E-state index in [0.29, 0.717) is 11.3 Å². The Hall–Kier alpha value is -1.59. The topological polar surface area (TPSA) is 65.0 Å². The number of carbonyl (C=O) groups is 1. The highest BCUT2D eigenvalue weighted by Crippen LogP contribution is 2.30. The standard InChI is InChI=1S/C12H14O5/c1-7(2)16-11-6-15-10-5-8(17-14)3-4-9(10)12(11)13/h3-5,7,11,14H,6H2,1-2H3. The summed E-state index contributed by atoms with van der Waals surface area (Å²) in [6.07, 6.45) is -0.599. The molecule has 2 rings (SSSR count). The van der Waals surface area contributed by atoms with Crippen LogP contribution in [0.1, 0.15) is 24.2 Å². The predicted octanol–water partition coefficient (Wildman–Crippen LogP) is 1.91. The van der Waals surface area contributed by atoms with E-state index < -0.39 is 6.10 Å². The monoisotopic (exact) mass is 238 g/mol. The molecule has 92 valence electrons. The van der Waals surface area contributed by atoms with Crippen molar-refractivity contribution in [2.45, 2.75) is 26.1 Å². The molecule has 17 heavy (non-hydrogen) atoms. The van der Waals surface area contributed by atoms with Gasteiger partial charge in [0.1, 0.15) is 12.4 Å². The van der Waals surface area contributed by atoms with Crippen LogP contribution in [0.4, 0.5) is 0 Å². The van der Waals surface area contributed by atoms with Gasteiger partial charge in [0.2, 0.25) is 0 Å². The highest BCUT2D eigenvalue weighted by molar-refractivity contribution is 6.03. The third kappa shape index (κ3) is 2.40. The molecule has 1 aromatic carbocycles. The molecule has 0 amide bonds. The zero-order valence-corrected chi connectivity index (χ0v) is 9.67. The third-order valence-corrected chi connectivity index (χ3v) is 2.44. The molecule has 0 aliphatic carbocycles. The summed E-state index contributed by atoms with van der Waals surface area (Å²) < 4.78 is 10.9. The predicted molar refractivity (Wildman–Crippen MR) is 59.5 cm³/mol. The fraction of sp³-hybridized carbons (Fsp3) is 0.417. The van der Waals surface area contributed by atoms with Crippen molar-refractivity contribution in [1.82, 2.24) is 0 Å². The SMILES string of the molecule is CC(C)OC1COc2cc(OO)ccc2C1=O. The second-order valence-corrected chi connectivity index (χ2v) is 4.10. The van der Waals surface area contributed by atoms with Crippen LogP contribution in [-0.4, -0.2) is 29.9 Å². The molecule has 1 unspecified atom stereocenters. The van der Waals surface area contributed by atoms with Gasteiger partial charge in [-0.05, 0) is 26.0 Å².